The summed E-state index contributed by atoms with van der Waals surface area (Å²) >= 11 is 6.08. The van der Waals surface area contributed by atoms with Crippen LogP contribution in [0, 0.1) is 0 Å². The number of nitrogens with one attached hydrogen (secondary N) is 2. The number of anilines is 2. The number of carbonyl (C=O) groups excluding carboxylic acids is 3. The summed E-state index contributed by atoms with van der Waals surface area (Å²) in [5.74, 6) is 2.54. The summed E-state index contributed by atoms with van der Waals surface area (Å²) in [6, 6.07) is 14.7. The minimum Gasteiger partial charge on any atom is -0.497 e. The molecule has 0 saturated carbocycles. The van der Waals surface area contributed by atoms with E-state index < -0.39 is 0 Å². The lowest BCUT2D eigenvalue weighted by Gasteiger charge is -2.36. The topological polar surface area (TPSA) is 117 Å². The molecule has 1 saturated heterocycles. The number of fused-ring (bicyclic) bond motifs is 1. The molecule has 0 radical (unpaired) electrons. The molecule has 2 aromatic carbocycles. The molecule has 1 atom stereocenters. The summed E-state index contributed by atoms with van der Waals surface area (Å²) in [7, 11) is 1.60. The summed E-state index contributed by atoms with van der Waals surface area (Å²) in [6.07, 6.45) is 0.642. The fraction of sp³-hybridized carbons (Fsp3) is 0.367. The maximum atomic E-state index is 13.3. The maximum Gasteiger partial charge on any atom is 0.223 e. The third-order valence-electron chi connectivity index (χ3n) is 7.43. The van der Waals surface area contributed by atoms with Crippen LogP contribution in [0.2, 0.25) is 5.02 Å². The van der Waals surface area contributed by atoms with Crippen LogP contribution in [0.4, 0.5) is 11.6 Å². The normalized spacial score (nSPS) is 16.4. The van der Waals surface area contributed by atoms with Crippen molar-refractivity contribution < 1.29 is 19.1 Å². The highest BCUT2D eigenvalue weighted by Crippen LogP contribution is 2.38. The lowest BCUT2D eigenvalue weighted by atomic mass is 9.96. The van der Waals surface area contributed by atoms with Crippen LogP contribution in [0.25, 0.3) is 11.4 Å². The quantitative estimate of drug-likeness (QED) is 0.370. The van der Waals surface area contributed by atoms with E-state index >= 15 is 0 Å². The molecule has 214 valence electrons. The standard InChI is InChI=1S/C30H33ClN6O4/c1-19(38)32-9-10-33-27-18-28(35-30(34-27)20-3-5-22(31)6-4-20)36-11-13-37(14-12-36)29(40)16-21-15-26(39)24-8-7-23(41-2)17-25(21)24/h3-8,17-18,21H,9-16H2,1-2H3,(H,32,38)(H,33,34,35). The number of methoxy groups -OCH3 is 1. The van der Waals surface area contributed by atoms with Crippen LogP contribution in [0.5, 0.6) is 5.75 Å². The summed E-state index contributed by atoms with van der Waals surface area (Å²) in [5, 5.41) is 6.67. The van der Waals surface area contributed by atoms with E-state index in [2.05, 4.69) is 20.5 Å². The second kappa shape index (κ2) is 12.6. The molecule has 1 fully saturated rings. The number of nitrogens with zero attached hydrogens (tertiary/aromatic N) is 4. The first kappa shape index (κ1) is 28.4. The van der Waals surface area contributed by atoms with Gasteiger partial charge in [-0.1, -0.05) is 11.6 Å². The smallest absolute Gasteiger partial charge is 0.223 e. The summed E-state index contributed by atoms with van der Waals surface area (Å²) in [5.41, 5.74) is 2.42. The highest BCUT2D eigenvalue weighted by atomic mass is 35.5. The molecular formula is C30H33ClN6O4. The first-order valence-electron chi connectivity index (χ1n) is 13.7. The Kier molecular flexibility index (Phi) is 8.68. The monoisotopic (exact) mass is 576 g/mol. The lowest BCUT2D eigenvalue weighted by Crippen LogP contribution is -2.49. The van der Waals surface area contributed by atoms with Gasteiger partial charge in [0.1, 0.15) is 17.4 Å². The largest absolute Gasteiger partial charge is 0.497 e. The van der Waals surface area contributed by atoms with Gasteiger partial charge in [-0.3, -0.25) is 14.4 Å². The van der Waals surface area contributed by atoms with Crippen molar-refractivity contribution in [1.29, 1.82) is 0 Å². The molecule has 1 aliphatic heterocycles. The van der Waals surface area contributed by atoms with Gasteiger partial charge in [-0.15, -0.1) is 0 Å². The Morgan fingerprint density at radius 2 is 1.78 bits per heavy atom. The van der Waals surface area contributed by atoms with Crippen molar-refractivity contribution in [3.8, 4) is 17.1 Å². The third-order valence-corrected chi connectivity index (χ3v) is 7.68. The number of ether oxygens (including phenoxy) is 1. The van der Waals surface area contributed by atoms with Gasteiger partial charge in [-0.05, 0) is 48.0 Å². The van der Waals surface area contributed by atoms with E-state index in [1.807, 2.05) is 29.2 Å². The molecular weight excluding hydrogens is 544 g/mol. The van der Waals surface area contributed by atoms with Gasteiger partial charge in [0.2, 0.25) is 11.8 Å². The van der Waals surface area contributed by atoms with E-state index in [9.17, 15) is 14.4 Å². The van der Waals surface area contributed by atoms with Crippen LogP contribution in [-0.4, -0.2) is 78.8 Å². The Balaban J connectivity index is 1.26. The number of amides is 2. The zero-order chi connectivity index (χ0) is 28.9. The van der Waals surface area contributed by atoms with Crippen molar-refractivity contribution >= 4 is 40.8 Å². The molecule has 2 aliphatic rings. The molecule has 1 aromatic heterocycles. The van der Waals surface area contributed by atoms with Crippen LogP contribution >= 0.6 is 11.6 Å². The van der Waals surface area contributed by atoms with Gasteiger partial charge in [0.15, 0.2) is 11.6 Å². The van der Waals surface area contributed by atoms with Gasteiger partial charge in [-0.2, -0.15) is 0 Å². The average molecular weight is 577 g/mol. The first-order chi connectivity index (χ1) is 19.8. The maximum absolute atomic E-state index is 13.3. The van der Waals surface area contributed by atoms with Crippen LogP contribution in [0.3, 0.4) is 0 Å². The zero-order valence-electron chi connectivity index (χ0n) is 23.2. The van der Waals surface area contributed by atoms with Crippen LogP contribution < -0.4 is 20.3 Å². The Morgan fingerprint density at radius 3 is 2.49 bits per heavy atom. The van der Waals surface area contributed by atoms with Gasteiger partial charge >= 0.3 is 0 Å². The Labute approximate surface area is 244 Å². The molecule has 10 nitrogen and oxygen atoms in total. The predicted molar refractivity (Wildman–Crippen MR) is 158 cm³/mol. The Bertz CT molecular complexity index is 1440. The van der Waals surface area contributed by atoms with Crippen molar-refractivity contribution in [2.75, 3.05) is 56.6 Å². The molecule has 2 heterocycles. The number of halogens is 1. The van der Waals surface area contributed by atoms with E-state index in [1.54, 1.807) is 31.4 Å². The number of aromatic nitrogens is 2. The SMILES string of the molecule is COc1ccc2c(c1)C(CC(=O)N1CCN(c3cc(NCCNC(C)=O)nc(-c4ccc(Cl)cc4)n3)CC1)CC2=O. The number of benzene rings is 2. The first-order valence-corrected chi connectivity index (χ1v) is 14.1. The van der Waals surface area contributed by atoms with E-state index in [-0.39, 0.29) is 23.5 Å². The number of piperazine rings is 1. The molecule has 3 aromatic rings. The van der Waals surface area contributed by atoms with Crippen molar-refractivity contribution in [2.45, 2.75) is 25.7 Å². The molecule has 1 unspecified atom stereocenters. The fourth-order valence-electron chi connectivity index (χ4n) is 5.25. The van der Waals surface area contributed by atoms with E-state index in [1.165, 1.54) is 6.92 Å². The molecule has 2 N–H and O–H groups in total. The predicted octanol–water partition coefficient (Wildman–Crippen LogP) is 3.76. The molecule has 2 amide bonds. The molecule has 5 rings (SSSR count). The average Bonchev–Trinajstić information content (AvgIpc) is 3.29. The summed E-state index contributed by atoms with van der Waals surface area (Å²) < 4.78 is 5.34. The highest BCUT2D eigenvalue weighted by molar-refractivity contribution is 6.30. The number of Topliss-reactive ketones (excluding diaryl/α,β-unsaturated/α-hetero) is 1. The van der Waals surface area contributed by atoms with Gasteiger partial charge in [0.05, 0.1) is 7.11 Å². The number of carbonyl (C=O) groups is 3. The molecule has 0 spiro atoms. The van der Waals surface area contributed by atoms with Crippen molar-refractivity contribution in [1.82, 2.24) is 20.2 Å². The molecule has 0 bridgehead atoms. The van der Waals surface area contributed by atoms with Crippen molar-refractivity contribution in [3.05, 3.63) is 64.7 Å². The van der Waals surface area contributed by atoms with Crippen LogP contribution in [-0.2, 0) is 9.59 Å². The molecule has 11 heteroatoms. The number of ketones is 1. The second-order valence-electron chi connectivity index (χ2n) is 10.2. The third kappa shape index (κ3) is 6.77. The van der Waals surface area contributed by atoms with Crippen molar-refractivity contribution in [3.63, 3.8) is 0 Å². The minimum absolute atomic E-state index is 0.0444. The van der Waals surface area contributed by atoms with Gasteiger partial charge in [-0.25, -0.2) is 9.97 Å². The lowest BCUT2D eigenvalue weighted by molar-refractivity contribution is -0.131. The Hall–Kier alpha value is -4.18. The van der Waals surface area contributed by atoms with Gasteiger partial charge in [0, 0.05) is 87.2 Å². The van der Waals surface area contributed by atoms with Crippen LogP contribution in [0.15, 0.2) is 48.5 Å². The summed E-state index contributed by atoms with van der Waals surface area (Å²) in [4.78, 5) is 50.5. The summed E-state index contributed by atoms with van der Waals surface area (Å²) in [6.45, 7) is 4.79. The number of hydrogen-bond acceptors (Lipinski definition) is 8. The fourth-order valence-corrected chi connectivity index (χ4v) is 5.38. The zero-order valence-corrected chi connectivity index (χ0v) is 23.9. The van der Waals surface area contributed by atoms with Gasteiger partial charge < -0.3 is 25.2 Å². The van der Waals surface area contributed by atoms with E-state index in [0.717, 1.165) is 16.9 Å². The van der Waals surface area contributed by atoms with Crippen LogP contribution in [0.1, 0.15) is 41.6 Å². The molecule has 1 aliphatic carbocycles. The van der Waals surface area contributed by atoms with E-state index in [4.69, 9.17) is 21.3 Å². The van der Waals surface area contributed by atoms with Crippen molar-refractivity contribution in [2.24, 2.45) is 0 Å². The van der Waals surface area contributed by atoms with Gasteiger partial charge in [0.25, 0.3) is 0 Å². The van der Waals surface area contributed by atoms with E-state index in [0.29, 0.717) is 80.1 Å². The number of hydrogen-bond donors (Lipinski definition) is 2. The Morgan fingerprint density at radius 1 is 1.02 bits per heavy atom. The number of rotatable bonds is 9. The highest BCUT2D eigenvalue weighted by Gasteiger charge is 2.33. The molecule has 41 heavy (non-hydrogen) atoms. The second-order valence-corrected chi connectivity index (χ2v) is 10.6. The minimum atomic E-state index is -0.131.